The van der Waals surface area contributed by atoms with Gasteiger partial charge in [-0.25, -0.2) is 8.42 Å². The van der Waals surface area contributed by atoms with E-state index < -0.39 is 26.8 Å². The minimum atomic E-state index is -3.63. The second-order valence-electron chi connectivity index (χ2n) is 5.99. The first-order valence-corrected chi connectivity index (χ1v) is 8.72. The zero-order chi connectivity index (χ0) is 16.0. The van der Waals surface area contributed by atoms with Crippen molar-refractivity contribution in [2.75, 3.05) is 13.2 Å². The second-order valence-corrected chi connectivity index (χ2v) is 8.09. The standard InChI is InChI=1S/C14H19NO6S/c1-14(2)20-8-10(21-14)3-4-19-13(16)11-5-9-6-15-7-12(9)22(11,17)18/h6-7,10-11,15H,3-5,8H2,1-2H3. The van der Waals surface area contributed by atoms with E-state index in [1.54, 1.807) is 6.20 Å². The number of carbonyl (C=O) groups is 1. The molecule has 0 aliphatic carbocycles. The van der Waals surface area contributed by atoms with Crippen molar-refractivity contribution in [2.24, 2.45) is 0 Å². The van der Waals surface area contributed by atoms with E-state index in [0.29, 0.717) is 18.6 Å². The maximum Gasteiger partial charge on any atom is 0.325 e. The Bertz CT molecular complexity index is 677. The van der Waals surface area contributed by atoms with Crippen molar-refractivity contribution in [3.63, 3.8) is 0 Å². The lowest BCUT2D eigenvalue weighted by Gasteiger charge is -2.17. The zero-order valence-electron chi connectivity index (χ0n) is 12.5. The van der Waals surface area contributed by atoms with Crippen molar-refractivity contribution in [3.8, 4) is 0 Å². The quantitative estimate of drug-likeness (QED) is 0.821. The van der Waals surface area contributed by atoms with E-state index in [2.05, 4.69) is 4.98 Å². The number of H-pyrrole nitrogens is 1. The molecule has 1 N–H and O–H groups in total. The fraction of sp³-hybridized carbons (Fsp3) is 0.643. The third kappa shape index (κ3) is 2.78. The van der Waals surface area contributed by atoms with E-state index in [4.69, 9.17) is 14.2 Å². The van der Waals surface area contributed by atoms with Crippen LogP contribution in [0.25, 0.3) is 0 Å². The van der Waals surface area contributed by atoms with Crippen LogP contribution in [0, 0.1) is 0 Å². The van der Waals surface area contributed by atoms with Gasteiger partial charge in [-0.15, -0.1) is 0 Å². The van der Waals surface area contributed by atoms with Gasteiger partial charge in [0, 0.05) is 25.2 Å². The average Bonchev–Trinajstić information content (AvgIpc) is 3.07. The molecule has 2 aliphatic heterocycles. The van der Waals surface area contributed by atoms with Crippen LogP contribution in [0.1, 0.15) is 25.8 Å². The first kappa shape index (κ1) is 15.5. The van der Waals surface area contributed by atoms with Gasteiger partial charge in [-0.1, -0.05) is 0 Å². The molecule has 1 fully saturated rings. The number of fused-ring (bicyclic) bond motifs is 1. The molecule has 0 bridgehead atoms. The van der Waals surface area contributed by atoms with Crippen LogP contribution in [0.2, 0.25) is 0 Å². The second kappa shape index (κ2) is 5.36. The number of hydrogen-bond acceptors (Lipinski definition) is 6. The predicted octanol–water partition coefficient (Wildman–Crippen LogP) is 0.798. The Morgan fingerprint density at radius 2 is 2.23 bits per heavy atom. The summed E-state index contributed by atoms with van der Waals surface area (Å²) in [6.07, 6.45) is 3.51. The van der Waals surface area contributed by atoms with E-state index >= 15 is 0 Å². The average molecular weight is 329 g/mol. The number of esters is 1. The SMILES string of the molecule is CC1(C)OCC(CCOC(=O)C2Cc3c[nH]cc3S2(=O)=O)O1. The van der Waals surface area contributed by atoms with Crippen LogP contribution >= 0.6 is 0 Å². The number of sulfone groups is 1. The lowest BCUT2D eigenvalue weighted by molar-refractivity contribution is -0.147. The van der Waals surface area contributed by atoms with E-state index in [1.807, 2.05) is 13.8 Å². The molecule has 122 valence electrons. The number of nitrogens with one attached hydrogen (secondary N) is 1. The summed E-state index contributed by atoms with van der Waals surface area (Å²) in [4.78, 5) is 15.0. The molecule has 1 saturated heterocycles. The molecule has 8 heteroatoms. The van der Waals surface area contributed by atoms with Crippen LogP contribution in [-0.2, 0) is 35.3 Å². The van der Waals surface area contributed by atoms with Crippen molar-refractivity contribution < 1.29 is 27.4 Å². The van der Waals surface area contributed by atoms with E-state index in [9.17, 15) is 13.2 Å². The first-order valence-electron chi connectivity index (χ1n) is 7.17. The fourth-order valence-electron chi connectivity index (χ4n) is 2.77. The predicted molar refractivity (Wildman–Crippen MR) is 76.0 cm³/mol. The monoisotopic (exact) mass is 329 g/mol. The Morgan fingerprint density at radius 3 is 2.86 bits per heavy atom. The van der Waals surface area contributed by atoms with Crippen LogP contribution in [0.4, 0.5) is 0 Å². The van der Waals surface area contributed by atoms with Gasteiger partial charge in [0.2, 0.25) is 0 Å². The van der Waals surface area contributed by atoms with Gasteiger partial charge >= 0.3 is 5.97 Å². The van der Waals surface area contributed by atoms with Crippen molar-refractivity contribution in [3.05, 3.63) is 18.0 Å². The highest BCUT2D eigenvalue weighted by Gasteiger charge is 2.43. The smallest absolute Gasteiger partial charge is 0.325 e. The van der Waals surface area contributed by atoms with Crippen LogP contribution in [0.5, 0.6) is 0 Å². The maximum atomic E-state index is 12.2. The number of hydrogen-bond donors (Lipinski definition) is 1. The van der Waals surface area contributed by atoms with Gasteiger partial charge in [0.15, 0.2) is 20.9 Å². The molecule has 2 unspecified atom stereocenters. The van der Waals surface area contributed by atoms with Crippen LogP contribution < -0.4 is 0 Å². The Kier molecular flexibility index (Phi) is 3.78. The maximum absolute atomic E-state index is 12.2. The molecule has 0 aromatic carbocycles. The summed E-state index contributed by atoms with van der Waals surface area (Å²) in [5.74, 6) is -1.32. The zero-order valence-corrected chi connectivity index (χ0v) is 13.3. The largest absolute Gasteiger partial charge is 0.465 e. The van der Waals surface area contributed by atoms with Crippen LogP contribution in [0.3, 0.4) is 0 Å². The van der Waals surface area contributed by atoms with Gasteiger partial charge in [-0.2, -0.15) is 0 Å². The highest BCUT2D eigenvalue weighted by atomic mass is 32.2. The van der Waals surface area contributed by atoms with Crippen molar-refractivity contribution in [2.45, 2.75) is 48.7 Å². The van der Waals surface area contributed by atoms with Crippen molar-refractivity contribution in [1.29, 1.82) is 0 Å². The molecular weight excluding hydrogens is 310 g/mol. The molecule has 1 aromatic heterocycles. The third-order valence-corrected chi connectivity index (χ3v) is 5.99. The summed E-state index contributed by atoms with van der Waals surface area (Å²) in [6, 6.07) is 0. The lowest BCUT2D eigenvalue weighted by atomic mass is 10.2. The van der Waals surface area contributed by atoms with Gasteiger partial charge in [0.1, 0.15) is 0 Å². The summed E-state index contributed by atoms with van der Waals surface area (Å²) >= 11 is 0. The Morgan fingerprint density at radius 1 is 1.45 bits per heavy atom. The normalized spacial score (nSPS) is 28.5. The summed E-state index contributed by atoms with van der Waals surface area (Å²) in [5.41, 5.74) is 0.635. The molecule has 2 aliphatic rings. The highest BCUT2D eigenvalue weighted by molar-refractivity contribution is 7.93. The first-order chi connectivity index (χ1) is 10.3. The molecule has 0 saturated carbocycles. The number of aromatic nitrogens is 1. The van der Waals surface area contributed by atoms with Crippen LogP contribution in [-0.4, -0.2) is 49.7 Å². The fourth-order valence-corrected chi connectivity index (χ4v) is 4.54. The van der Waals surface area contributed by atoms with Gasteiger partial charge in [-0.3, -0.25) is 4.79 Å². The molecule has 3 heterocycles. The molecule has 0 amide bonds. The summed E-state index contributed by atoms with van der Waals surface area (Å²) in [5, 5.41) is -1.13. The summed E-state index contributed by atoms with van der Waals surface area (Å²) in [6.45, 7) is 4.19. The highest BCUT2D eigenvalue weighted by Crippen LogP contribution is 2.31. The number of aromatic amines is 1. The Balaban J connectivity index is 1.53. The number of rotatable bonds is 4. The van der Waals surface area contributed by atoms with Crippen molar-refractivity contribution >= 4 is 15.8 Å². The molecule has 2 atom stereocenters. The number of carbonyl (C=O) groups excluding carboxylic acids is 1. The van der Waals surface area contributed by atoms with Gasteiger partial charge in [0.25, 0.3) is 0 Å². The lowest BCUT2D eigenvalue weighted by Crippen LogP contribution is -2.30. The molecule has 7 nitrogen and oxygen atoms in total. The molecule has 22 heavy (non-hydrogen) atoms. The van der Waals surface area contributed by atoms with E-state index in [1.165, 1.54) is 6.20 Å². The third-order valence-electron chi connectivity index (χ3n) is 3.89. The van der Waals surface area contributed by atoms with Crippen LogP contribution in [0.15, 0.2) is 17.3 Å². The van der Waals surface area contributed by atoms with Gasteiger partial charge in [-0.05, 0) is 19.4 Å². The van der Waals surface area contributed by atoms with E-state index in [0.717, 1.165) is 0 Å². The molecule has 0 radical (unpaired) electrons. The topological polar surface area (TPSA) is 94.7 Å². The van der Waals surface area contributed by atoms with Gasteiger partial charge in [0.05, 0.1) is 24.2 Å². The Labute approximate surface area is 128 Å². The van der Waals surface area contributed by atoms with E-state index in [-0.39, 0.29) is 24.0 Å². The van der Waals surface area contributed by atoms with Gasteiger partial charge < -0.3 is 19.2 Å². The minimum Gasteiger partial charge on any atom is -0.465 e. The molecular formula is C14H19NO6S. The minimum absolute atomic E-state index is 0.116. The molecule has 3 rings (SSSR count). The molecule has 0 spiro atoms. The summed E-state index contributed by atoms with van der Waals surface area (Å²) in [7, 11) is -3.63. The molecule has 1 aromatic rings. The Hall–Kier alpha value is -1.38. The van der Waals surface area contributed by atoms with Crippen molar-refractivity contribution in [1.82, 2.24) is 4.98 Å². The number of ether oxygens (including phenoxy) is 3. The summed E-state index contributed by atoms with van der Waals surface area (Å²) < 4.78 is 40.6.